The van der Waals surface area contributed by atoms with Gasteiger partial charge in [0.15, 0.2) is 10.9 Å². The monoisotopic (exact) mass is 415 g/mol. The molecule has 0 bridgehead atoms. The number of amides is 1. The number of benzene rings is 2. The number of thiazole rings is 1. The van der Waals surface area contributed by atoms with Crippen LogP contribution in [-0.2, 0) is 11.2 Å². The molecular formula is C18H17N5O5S. The van der Waals surface area contributed by atoms with E-state index in [4.69, 9.17) is 10.5 Å². The van der Waals surface area contributed by atoms with Gasteiger partial charge in [0.2, 0.25) is 11.7 Å². The number of carbonyl (C=O) groups is 1. The molecule has 11 heteroatoms. The number of anilines is 1. The zero-order valence-electron chi connectivity index (χ0n) is 15.3. The van der Waals surface area contributed by atoms with Crippen LogP contribution >= 0.6 is 11.3 Å². The van der Waals surface area contributed by atoms with Crippen LogP contribution in [0, 0.1) is 10.1 Å². The lowest BCUT2D eigenvalue weighted by Crippen LogP contribution is -2.19. The third-order valence-corrected chi connectivity index (χ3v) is 4.66. The molecule has 0 saturated heterocycles. The molecule has 0 aliphatic heterocycles. The number of ether oxygens (including phenoxy) is 1. The summed E-state index contributed by atoms with van der Waals surface area (Å²) in [5.41, 5.74) is 9.36. The number of nitro benzene ring substituents is 1. The number of hydrazone groups is 1. The zero-order valence-corrected chi connectivity index (χ0v) is 16.1. The van der Waals surface area contributed by atoms with Gasteiger partial charge in [0.05, 0.1) is 34.4 Å². The van der Waals surface area contributed by atoms with E-state index in [1.165, 1.54) is 23.6 Å². The van der Waals surface area contributed by atoms with Gasteiger partial charge >= 0.3 is 5.69 Å². The number of aromatic hydroxyl groups is 1. The van der Waals surface area contributed by atoms with Gasteiger partial charge in [-0.3, -0.25) is 14.9 Å². The molecule has 0 unspecified atom stereocenters. The van der Waals surface area contributed by atoms with Crippen LogP contribution in [0.15, 0.2) is 35.4 Å². The van der Waals surface area contributed by atoms with Gasteiger partial charge in [0.1, 0.15) is 0 Å². The Labute approximate surface area is 168 Å². The molecule has 0 aliphatic rings. The standard InChI is InChI=1S/C18H17N5O5S/c1-2-28-14-6-11(5-13(17(14)25)23(26)27)9-20-22-16(24)8-10-3-4-12-15(7-10)29-18(19)21-12/h3-7,9,25H,2,8H2,1H3,(H2,19,21)(H,22,24)/b20-9-. The highest BCUT2D eigenvalue weighted by Gasteiger charge is 2.19. The highest BCUT2D eigenvalue weighted by molar-refractivity contribution is 7.22. The summed E-state index contributed by atoms with van der Waals surface area (Å²) in [5.74, 6) is -0.958. The van der Waals surface area contributed by atoms with Crippen LogP contribution in [0.5, 0.6) is 11.5 Å². The van der Waals surface area contributed by atoms with Crippen molar-refractivity contribution in [2.24, 2.45) is 5.10 Å². The first-order valence-electron chi connectivity index (χ1n) is 8.48. The molecule has 1 heterocycles. The molecule has 0 fully saturated rings. The highest BCUT2D eigenvalue weighted by Crippen LogP contribution is 2.36. The third kappa shape index (κ3) is 4.76. The number of aromatic nitrogens is 1. The summed E-state index contributed by atoms with van der Waals surface area (Å²) >= 11 is 1.34. The van der Waals surface area contributed by atoms with E-state index in [2.05, 4.69) is 15.5 Å². The van der Waals surface area contributed by atoms with Crippen molar-refractivity contribution in [1.29, 1.82) is 0 Å². The molecule has 0 atom stereocenters. The van der Waals surface area contributed by atoms with Crippen molar-refractivity contribution in [2.75, 3.05) is 12.3 Å². The maximum atomic E-state index is 12.1. The Bertz CT molecular complexity index is 1110. The number of nitrogens with two attached hydrogens (primary N) is 1. The van der Waals surface area contributed by atoms with Gasteiger partial charge < -0.3 is 15.6 Å². The predicted molar refractivity (Wildman–Crippen MR) is 109 cm³/mol. The number of rotatable bonds is 7. The number of phenolic OH excluding ortho intramolecular Hbond substituents is 1. The lowest BCUT2D eigenvalue weighted by Gasteiger charge is -2.07. The van der Waals surface area contributed by atoms with Gasteiger partial charge in [-0.15, -0.1) is 0 Å². The summed E-state index contributed by atoms with van der Waals surface area (Å²) in [6.45, 7) is 1.90. The van der Waals surface area contributed by atoms with Crippen molar-refractivity contribution >= 4 is 44.5 Å². The third-order valence-electron chi connectivity index (χ3n) is 3.81. The molecule has 29 heavy (non-hydrogen) atoms. The topological polar surface area (TPSA) is 153 Å². The van der Waals surface area contributed by atoms with E-state index in [1.54, 1.807) is 19.1 Å². The van der Waals surface area contributed by atoms with Crippen LogP contribution in [0.3, 0.4) is 0 Å². The van der Waals surface area contributed by atoms with Crippen LogP contribution in [0.2, 0.25) is 0 Å². The van der Waals surface area contributed by atoms with Gasteiger partial charge in [-0.1, -0.05) is 17.4 Å². The number of nitro groups is 1. The van der Waals surface area contributed by atoms with Crippen molar-refractivity contribution in [1.82, 2.24) is 10.4 Å². The fourth-order valence-electron chi connectivity index (χ4n) is 2.59. The number of hydrogen-bond acceptors (Lipinski definition) is 9. The first-order chi connectivity index (χ1) is 13.9. The van der Waals surface area contributed by atoms with Crippen molar-refractivity contribution in [3.05, 3.63) is 51.6 Å². The first-order valence-corrected chi connectivity index (χ1v) is 9.30. The van der Waals surface area contributed by atoms with Gasteiger partial charge in [-0.05, 0) is 30.7 Å². The maximum Gasteiger partial charge on any atom is 0.315 e. The molecule has 3 aromatic rings. The number of nitrogens with zero attached hydrogens (tertiary/aromatic N) is 3. The molecule has 0 spiro atoms. The van der Waals surface area contributed by atoms with Crippen molar-refractivity contribution in [3.8, 4) is 11.5 Å². The summed E-state index contributed by atoms with van der Waals surface area (Å²) < 4.78 is 6.08. The average molecular weight is 415 g/mol. The van der Waals surface area contributed by atoms with Crippen LogP contribution in [0.4, 0.5) is 10.8 Å². The summed E-state index contributed by atoms with van der Waals surface area (Å²) in [6, 6.07) is 7.94. The Morgan fingerprint density at radius 3 is 2.97 bits per heavy atom. The largest absolute Gasteiger partial charge is 0.500 e. The Hall–Kier alpha value is -3.73. The molecule has 0 radical (unpaired) electrons. The fraction of sp³-hybridized carbons (Fsp3) is 0.167. The number of nitrogen functional groups attached to an aromatic ring is 1. The lowest BCUT2D eigenvalue weighted by molar-refractivity contribution is -0.386. The van der Waals surface area contributed by atoms with E-state index < -0.39 is 16.4 Å². The molecule has 2 aromatic carbocycles. The number of fused-ring (bicyclic) bond motifs is 1. The maximum absolute atomic E-state index is 12.1. The van der Waals surface area contributed by atoms with Gasteiger partial charge in [0, 0.05) is 11.6 Å². The van der Waals surface area contributed by atoms with E-state index in [0.717, 1.165) is 21.8 Å². The lowest BCUT2D eigenvalue weighted by atomic mass is 10.1. The Morgan fingerprint density at radius 1 is 1.45 bits per heavy atom. The fourth-order valence-corrected chi connectivity index (χ4v) is 3.39. The minimum absolute atomic E-state index is 0.0355. The second kappa shape index (κ2) is 8.52. The normalized spacial score (nSPS) is 11.1. The van der Waals surface area contributed by atoms with Gasteiger partial charge in [-0.2, -0.15) is 5.10 Å². The Balaban J connectivity index is 1.69. The SMILES string of the molecule is CCOc1cc(/C=N\NC(=O)Cc2ccc3nc(N)sc3c2)cc([N+](=O)[O-])c1O. The van der Waals surface area contributed by atoms with Gasteiger partial charge in [-0.25, -0.2) is 10.4 Å². The van der Waals surface area contributed by atoms with E-state index in [1.807, 2.05) is 6.07 Å². The molecule has 150 valence electrons. The summed E-state index contributed by atoms with van der Waals surface area (Å²) in [7, 11) is 0. The van der Waals surface area contributed by atoms with Crippen LogP contribution in [0.1, 0.15) is 18.1 Å². The predicted octanol–water partition coefficient (Wildman–Crippen LogP) is 2.58. The number of nitrogens with one attached hydrogen (secondary N) is 1. The van der Waals surface area contributed by atoms with E-state index in [-0.39, 0.29) is 24.7 Å². The van der Waals surface area contributed by atoms with Crippen LogP contribution in [0.25, 0.3) is 10.2 Å². The molecule has 10 nitrogen and oxygen atoms in total. The molecule has 0 aliphatic carbocycles. The summed E-state index contributed by atoms with van der Waals surface area (Å²) in [4.78, 5) is 26.6. The van der Waals surface area contributed by atoms with Crippen LogP contribution in [-0.4, -0.2) is 33.7 Å². The van der Waals surface area contributed by atoms with E-state index in [0.29, 0.717) is 10.7 Å². The average Bonchev–Trinajstić information content (AvgIpc) is 3.03. The number of hydrogen-bond donors (Lipinski definition) is 3. The van der Waals surface area contributed by atoms with Crippen molar-refractivity contribution in [3.63, 3.8) is 0 Å². The highest BCUT2D eigenvalue weighted by atomic mass is 32.1. The summed E-state index contributed by atoms with van der Waals surface area (Å²) in [6.07, 6.45) is 1.32. The van der Waals surface area contributed by atoms with Crippen molar-refractivity contribution < 1.29 is 19.6 Å². The van der Waals surface area contributed by atoms with Gasteiger partial charge in [0.25, 0.3) is 0 Å². The summed E-state index contributed by atoms with van der Waals surface area (Å²) in [5, 5.41) is 25.2. The minimum atomic E-state index is -0.726. The Morgan fingerprint density at radius 2 is 2.24 bits per heavy atom. The number of carbonyl (C=O) groups excluding carboxylic acids is 1. The second-order valence-corrected chi connectivity index (χ2v) is 6.96. The smallest absolute Gasteiger partial charge is 0.315 e. The van der Waals surface area contributed by atoms with E-state index >= 15 is 0 Å². The molecule has 4 N–H and O–H groups in total. The zero-order chi connectivity index (χ0) is 21.0. The molecule has 0 saturated carbocycles. The minimum Gasteiger partial charge on any atom is -0.500 e. The van der Waals surface area contributed by atoms with Crippen molar-refractivity contribution in [2.45, 2.75) is 13.3 Å². The van der Waals surface area contributed by atoms with Crippen LogP contribution < -0.4 is 15.9 Å². The van der Waals surface area contributed by atoms with E-state index in [9.17, 15) is 20.0 Å². The number of phenols is 1. The molecule has 1 aromatic heterocycles. The second-order valence-electron chi connectivity index (χ2n) is 5.90. The Kier molecular flexibility index (Phi) is 5.88. The molecule has 1 amide bonds. The molecule has 3 rings (SSSR count). The molecular weight excluding hydrogens is 398 g/mol. The quantitative estimate of drug-likeness (QED) is 0.304. The first kappa shape index (κ1) is 20.0.